The van der Waals surface area contributed by atoms with Crippen molar-refractivity contribution in [2.75, 3.05) is 19.7 Å². The van der Waals surface area contributed by atoms with Gasteiger partial charge in [-0.05, 0) is 24.7 Å². The fraction of sp³-hybridized carbons (Fsp3) is 0.941. The Labute approximate surface area is 130 Å². The Morgan fingerprint density at radius 3 is 2.91 bits per heavy atom. The van der Waals surface area contributed by atoms with E-state index < -0.39 is 16.7 Å². The molecule has 22 heavy (non-hydrogen) atoms. The molecule has 5 nitrogen and oxygen atoms in total. The van der Waals surface area contributed by atoms with Crippen molar-refractivity contribution in [3.05, 3.63) is 0 Å². The first-order chi connectivity index (χ1) is 10.4. The van der Waals surface area contributed by atoms with E-state index in [4.69, 9.17) is 9.47 Å². The summed E-state index contributed by atoms with van der Waals surface area (Å²) >= 11 is 0. The number of fused-ring (bicyclic) bond motifs is 3. The third kappa shape index (κ3) is 1.06. The molecule has 1 spiro atoms. The van der Waals surface area contributed by atoms with Crippen molar-refractivity contribution in [3.63, 3.8) is 0 Å². The molecule has 7 atom stereocenters. The second kappa shape index (κ2) is 3.70. The number of nitrogens with zero attached hydrogens (tertiary/aromatic N) is 1. The maximum Gasteiger partial charge on any atom is 0.312 e. The second-order valence-electron chi connectivity index (χ2n) is 8.51. The highest BCUT2D eigenvalue weighted by atomic mass is 16.6. The average molecular weight is 307 g/mol. The van der Waals surface area contributed by atoms with Crippen LogP contribution in [0.15, 0.2) is 0 Å². The molecule has 0 amide bonds. The van der Waals surface area contributed by atoms with E-state index >= 15 is 0 Å². The summed E-state index contributed by atoms with van der Waals surface area (Å²) in [6.45, 7) is 8.94. The lowest BCUT2D eigenvalue weighted by Gasteiger charge is -2.58. The van der Waals surface area contributed by atoms with Crippen LogP contribution in [0.1, 0.15) is 33.6 Å². The molecule has 2 aliphatic carbocycles. The van der Waals surface area contributed by atoms with E-state index in [1.807, 2.05) is 0 Å². The minimum absolute atomic E-state index is 0.0445. The van der Waals surface area contributed by atoms with Gasteiger partial charge < -0.3 is 14.6 Å². The maximum absolute atomic E-state index is 12.7. The van der Waals surface area contributed by atoms with Gasteiger partial charge in [0.15, 0.2) is 5.72 Å². The Morgan fingerprint density at radius 1 is 1.41 bits per heavy atom. The van der Waals surface area contributed by atoms with E-state index in [1.165, 1.54) is 0 Å². The second-order valence-corrected chi connectivity index (χ2v) is 8.51. The van der Waals surface area contributed by atoms with Gasteiger partial charge in [0, 0.05) is 24.4 Å². The van der Waals surface area contributed by atoms with Crippen LogP contribution in [0.3, 0.4) is 0 Å². The molecule has 1 N–H and O–H groups in total. The number of hydrogen-bond acceptors (Lipinski definition) is 5. The van der Waals surface area contributed by atoms with Gasteiger partial charge >= 0.3 is 5.97 Å². The standard InChI is InChI=1S/C17H25NO4/c1-9(2)11-12-14(19)22-13(11)17-15(3)10(4-5-16(12,15)20)8-18(17)6-7-21-17/h9-13,20H,4-8H2,1-3H3/t10-,11+,12-,13-,15+,16-,17+/m1/s1. The molecular weight excluding hydrogens is 282 g/mol. The zero-order chi connectivity index (χ0) is 15.5. The topological polar surface area (TPSA) is 59.0 Å². The zero-order valence-corrected chi connectivity index (χ0v) is 13.5. The third-order valence-electron chi connectivity index (χ3n) is 7.83. The Morgan fingerprint density at radius 2 is 2.18 bits per heavy atom. The highest BCUT2D eigenvalue weighted by Gasteiger charge is 2.86. The zero-order valence-electron chi connectivity index (χ0n) is 13.5. The molecule has 2 saturated carbocycles. The van der Waals surface area contributed by atoms with Gasteiger partial charge in [-0.3, -0.25) is 9.69 Å². The summed E-state index contributed by atoms with van der Waals surface area (Å²) in [5, 5.41) is 11.8. The first-order valence-corrected chi connectivity index (χ1v) is 8.70. The van der Waals surface area contributed by atoms with Gasteiger partial charge in [0.2, 0.25) is 0 Å². The molecule has 3 aliphatic heterocycles. The van der Waals surface area contributed by atoms with Gasteiger partial charge in [-0.2, -0.15) is 0 Å². The fourth-order valence-electron chi connectivity index (χ4n) is 6.95. The normalized spacial score (nSPS) is 59.0. The van der Waals surface area contributed by atoms with Crippen LogP contribution in [-0.2, 0) is 14.3 Å². The van der Waals surface area contributed by atoms with Crippen LogP contribution in [0.2, 0.25) is 0 Å². The van der Waals surface area contributed by atoms with Crippen molar-refractivity contribution in [3.8, 4) is 0 Å². The summed E-state index contributed by atoms with van der Waals surface area (Å²) in [5.41, 5.74) is -2.00. The average Bonchev–Trinajstić information content (AvgIpc) is 3.11. The summed E-state index contributed by atoms with van der Waals surface area (Å²) < 4.78 is 12.3. The van der Waals surface area contributed by atoms with E-state index in [-0.39, 0.29) is 29.8 Å². The van der Waals surface area contributed by atoms with Crippen molar-refractivity contribution in [1.82, 2.24) is 4.90 Å². The van der Waals surface area contributed by atoms with Crippen LogP contribution < -0.4 is 0 Å². The van der Waals surface area contributed by atoms with Crippen LogP contribution >= 0.6 is 0 Å². The molecule has 5 aliphatic rings. The molecule has 0 aromatic rings. The summed E-state index contributed by atoms with van der Waals surface area (Å²) in [7, 11) is 0. The first-order valence-electron chi connectivity index (χ1n) is 8.70. The largest absolute Gasteiger partial charge is 0.457 e. The number of rotatable bonds is 1. The number of esters is 1. The lowest BCUT2D eigenvalue weighted by atomic mass is 9.51. The van der Waals surface area contributed by atoms with E-state index in [0.717, 1.165) is 19.5 Å². The molecule has 122 valence electrons. The minimum atomic E-state index is -0.990. The number of carbonyl (C=O) groups excluding carboxylic acids is 1. The third-order valence-corrected chi connectivity index (χ3v) is 7.83. The molecule has 3 saturated heterocycles. The molecule has 0 unspecified atom stereocenters. The summed E-state index contributed by atoms with van der Waals surface area (Å²) in [5.74, 6) is 0.137. The summed E-state index contributed by atoms with van der Waals surface area (Å²) in [6.07, 6.45) is 1.44. The smallest absolute Gasteiger partial charge is 0.312 e. The molecular formula is C17H25NO4. The predicted octanol–water partition coefficient (Wildman–Crippen LogP) is 1.00. The van der Waals surface area contributed by atoms with Gasteiger partial charge in [0.05, 0.1) is 18.1 Å². The Balaban J connectivity index is 1.80. The number of ether oxygens (including phenoxy) is 2. The van der Waals surface area contributed by atoms with Crippen molar-refractivity contribution in [2.24, 2.45) is 29.1 Å². The van der Waals surface area contributed by atoms with E-state index in [2.05, 4.69) is 25.7 Å². The van der Waals surface area contributed by atoms with Crippen LogP contribution in [0.25, 0.3) is 0 Å². The quantitative estimate of drug-likeness (QED) is 0.733. The molecule has 5 heteroatoms. The van der Waals surface area contributed by atoms with Gasteiger partial charge in [-0.15, -0.1) is 0 Å². The number of carbonyl (C=O) groups is 1. The van der Waals surface area contributed by atoms with Crippen molar-refractivity contribution in [1.29, 1.82) is 0 Å². The fourth-order valence-corrected chi connectivity index (χ4v) is 6.95. The molecule has 0 aromatic heterocycles. The van der Waals surface area contributed by atoms with Crippen molar-refractivity contribution < 1.29 is 19.4 Å². The Bertz CT molecular complexity index is 565. The van der Waals surface area contributed by atoms with E-state index in [1.54, 1.807) is 0 Å². The molecule has 5 rings (SSSR count). The van der Waals surface area contributed by atoms with Crippen LogP contribution in [-0.4, -0.2) is 53.1 Å². The summed E-state index contributed by atoms with van der Waals surface area (Å²) in [6, 6.07) is 0. The molecule has 3 heterocycles. The molecule has 5 fully saturated rings. The Hall–Kier alpha value is -0.650. The van der Waals surface area contributed by atoms with E-state index in [0.29, 0.717) is 18.9 Å². The van der Waals surface area contributed by atoms with Gasteiger partial charge in [-0.25, -0.2) is 0 Å². The van der Waals surface area contributed by atoms with E-state index in [9.17, 15) is 9.90 Å². The minimum Gasteiger partial charge on any atom is -0.457 e. The van der Waals surface area contributed by atoms with Crippen LogP contribution in [0.5, 0.6) is 0 Å². The lowest BCUT2D eigenvalue weighted by molar-refractivity contribution is -0.283. The molecule has 2 bridgehead atoms. The number of aliphatic hydroxyl groups is 1. The predicted molar refractivity (Wildman–Crippen MR) is 77.7 cm³/mol. The maximum atomic E-state index is 12.7. The number of hydrogen-bond donors (Lipinski definition) is 1. The van der Waals surface area contributed by atoms with Crippen LogP contribution in [0.4, 0.5) is 0 Å². The van der Waals surface area contributed by atoms with Gasteiger partial charge in [0.1, 0.15) is 6.10 Å². The highest BCUT2D eigenvalue weighted by Crippen LogP contribution is 2.73. The first kappa shape index (κ1) is 13.8. The van der Waals surface area contributed by atoms with Crippen molar-refractivity contribution in [2.45, 2.75) is 51.0 Å². The molecule has 0 aromatic carbocycles. The Kier molecular flexibility index (Phi) is 2.32. The highest BCUT2D eigenvalue weighted by molar-refractivity contribution is 5.79. The van der Waals surface area contributed by atoms with Gasteiger partial charge in [-0.1, -0.05) is 20.8 Å². The monoisotopic (exact) mass is 307 g/mol. The van der Waals surface area contributed by atoms with Crippen LogP contribution in [0, 0.1) is 29.1 Å². The summed E-state index contributed by atoms with van der Waals surface area (Å²) in [4.78, 5) is 15.0. The van der Waals surface area contributed by atoms with Gasteiger partial charge in [0.25, 0.3) is 0 Å². The SMILES string of the molecule is CC(C)[C@@H]1[C@H]2OC(=O)[C@@H]1[C@]1(O)CC[C@@H]3CN4CCO[C@]24[C@@]31C. The molecule has 0 radical (unpaired) electrons. The lowest BCUT2D eigenvalue weighted by Crippen LogP contribution is -2.73. The van der Waals surface area contributed by atoms with Crippen molar-refractivity contribution >= 4 is 5.97 Å².